The maximum Gasteiger partial charge on any atom is 0.261 e. The Balaban J connectivity index is 2.76. The molecule has 1 atom stereocenters. The van der Waals surface area contributed by atoms with Crippen LogP contribution in [0.2, 0.25) is 5.02 Å². The third-order valence-electron chi connectivity index (χ3n) is 2.39. The van der Waals surface area contributed by atoms with E-state index in [1.807, 2.05) is 20.8 Å². The van der Waals surface area contributed by atoms with Crippen LogP contribution in [0.4, 0.5) is 0 Å². The van der Waals surface area contributed by atoms with Crippen molar-refractivity contribution < 1.29 is 9.53 Å². The molecule has 3 N–H and O–H groups in total. The van der Waals surface area contributed by atoms with Gasteiger partial charge in [0.1, 0.15) is 10.7 Å². The van der Waals surface area contributed by atoms with E-state index >= 15 is 0 Å². The van der Waals surface area contributed by atoms with E-state index in [0.29, 0.717) is 16.3 Å². The molecule has 1 amide bonds. The molecule has 0 radical (unpaired) electrons. The SMILES string of the molecule is CC(Oc1ccc(C(N)=S)c(Cl)c1)C(=O)NC(C)(C)C. The van der Waals surface area contributed by atoms with Crippen molar-refractivity contribution in [2.24, 2.45) is 5.73 Å². The third-order valence-corrected chi connectivity index (χ3v) is 2.92. The molecular formula is C14H19ClN2O2S. The molecule has 0 saturated heterocycles. The zero-order chi connectivity index (χ0) is 15.5. The molecule has 0 aromatic heterocycles. The summed E-state index contributed by atoms with van der Waals surface area (Å²) in [6, 6.07) is 4.95. The smallest absolute Gasteiger partial charge is 0.261 e. The molecule has 0 aliphatic rings. The number of thiocarbonyl (C=S) groups is 1. The van der Waals surface area contributed by atoms with E-state index in [0.717, 1.165) is 0 Å². The third kappa shape index (κ3) is 4.98. The molecule has 6 heteroatoms. The van der Waals surface area contributed by atoms with E-state index in [1.165, 1.54) is 0 Å². The highest BCUT2D eigenvalue weighted by atomic mass is 35.5. The average molecular weight is 315 g/mol. The van der Waals surface area contributed by atoms with Crippen LogP contribution in [-0.2, 0) is 4.79 Å². The molecule has 1 aromatic carbocycles. The molecule has 110 valence electrons. The van der Waals surface area contributed by atoms with Crippen molar-refractivity contribution >= 4 is 34.7 Å². The number of nitrogens with two attached hydrogens (primary N) is 1. The van der Waals surface area contributed by atoms with Crippen molar-refractivity contribution in [2.45, 2.75) is 39.3 Å². The predicted octanol–water partition coefficient (Wildman–Crippen LogP) is 2.66. The summed E-state index contributed by atoms with van der Waals surface area (Å²) >= 11 is 10.9. The lowest BCUT2D eigenvalue weighted by molar-refractivity contribution is -0.128. The molecule has 0 spiro atoms. The maximum absolute atomic E-state index is 11.9. The molecule has 1 aromatic rings. The lowest BCUT2D eigenvalue weighted by Gasteiger charge is -2.23. The molecule has 0 saturated carbocycles. The topological polar surface area (TPSA) is 64.3 Å². The standard InChI is InChI=1S/C14H19ClN2O2S/c1-8(13(18)17-14(2,3)4)19-9-5-6-10(12(16)20)11(15)7-9/h5-8H,1-4H3,(H2,16,20)(H,17,18). The Morgan fingerprint density at radius 1 is 1.45 bits per heavy atom. The Hall–Kier alpha value is -1.33. The zero-order valence-corrected chi connectivity index (χ0v) is 13.6. The number of amides is 1. The van der Waals surface area contributed by atoms with Crippen LogP contribution in [0.15, 0.2) is 18.2 Å². The van der Waals surface area contributed by atoms with Crippen molar-refractivity contribution in [1.29, 1.82) is 0 Å². The van der Waals surface area contributed by atoms with E-state index in [-0.39, 0.29) is 16.4 Å². The monoisotopic (exact) mass is 314 g/mol. The average Bonchev–Trinajstić information content (AvgIpc) is 2.26. The van der Waals surface area contributed by atoms with Gasteiger partial charge in [0.15, 0.2) is 6.10 Å². The predicted molar refractivity (Wildman–Crippen MR) is 85.3 cm³/mol. The lowest BCUT2D eigenvalue weighted by Crippen LogP contribution is -2.46. The molecule has 0 aliphatic carbocycles. The second-order valence-electron chi connectivity index (χ2n) is 5.51. The first kappa shape index (κ1) is 16.7. The van der Waals surface area contributed by atoms with E-state index < -0.39 is 6.10 Å². The summed E-state index contributed by atoms with van der Waals surface area (Å²) in [5.74, 6) is 0.304. The molecule has 4 nitrogen and oxygen atoms in total. The van der Waals surface area contributed by atoms with Crippen LogP contribution >= 0.6 is 23.8 Å². The fourth-order valence-corrected chi connectivity index (χ4v) is 2.00. The minimum Gasteiger partial charge on any atom is -0.481 e. The van der Waals surface area contributed by atoms with Crippen molar-refractivity contribution in [2.75, 3.05) is 0 Å². The van der Waals surface area contributed by atoms with Gasteiger partial charge in [0, 0.05) is 11.1 Å². The number of hydrogen-bond acceptors (Lipinski definition) is 3. The first-order chi connectivity index (χ1) is 9.10. The number of hydrogen-bond donors (Lipinski definition) is 2. The van der Waals surface area contributed by atoms with Gasteiger partial charge in [-0.3, -0.25) is 4.79 Å². The molecule has 20 heavy (non-hydrogen) atoms. The minimum atomic E-state index is -0.624. The van der Waals surface area contributed by atoms with Gasteiger partial charge in [0.05, 0.1) is 5.02 Å². The molecule has 0 heterocycles. The Bertz CT molecular complexity index is 526. The summed E-state index contributed by atoms with van der Waals surface area (Å²) in [7, 11) is 0. The summed E-state index contributed by atoms with van der Waals surface area (Å²) in [5.41, 5.74) is 5.81. The molecular weight excluding hydrogens is 296 g/mol. The largest absolute Gasteiger partial charge is 0.481 e. The van der Waals surface area contributed by atoms with Gasteiger partial charge in [0.25, 0.3) is 5.91 Å². The fourth-order valence-electron chi connectivity index (χ4n) is 1.50. The van der Waals surface area contributed by atoms with Crippen molar-refractivity contribution in [3.8, 4) is 5.75 Å². The summed E-state index contributed by atoms with van der Waals surface area (Å²) in [4.78, 5) is 12.1. The van der Waals surface area contributed by atoms with Gasteiger partial charge in [-0.15, -0.1) is 0 Å². The van der Waals surface area contributed by atoms with Crippen LogP contribution in [-0.4, -0.2) is 22.5 Å². The van der Waals surface area contributed by atoms with Gasteiger partial charge < -0.3 is 15.8 Å². The molecule has 1 rings (SSSR count). The minimum absolute atomic E-state index is 0.188. The highest BCUT2D eigenvalue weighted by Crippen LogP contribution is 2.23. The lowest BCUT2D eigenvalue weighted by atomic mass is 10.1. The van der Waals surface area contributed by atoms with Crippen molar-refractivity contribution in [3.05, 3.63) is 28.8 Å². The highest BCUT2D eigenvalue weighted by Gasteiger charge is 2.20. The summed E-state index contributed by atoms with van der Waals surface area (Å²) in [6.45, 7) is 7.40. The number of ether oxygens (including phenoxy) is 1. The number of carbonyl (C=O) groups is 1. The Morgan fingerprint density at radius 3 is 2.50 bits per heavy atom. The van der Waals surface area contributed by atoms with Gasteiger partial charge in [-0.05, 0) is 45.9 Å². The van der Waals surface area contributed by atoms with Gasteiger partial charge in [0.2, 0.25) is 0 Å². The van der Waals surface area contributed by atoms with Gasteiger partial charge in [-0.1, -0.05) is 23.8 Å². The summed E-state index contributed by atoms with van der Waals surface area (Å²) in [6.07, 6.45) is -0.624. The van der Waals surface area contributed by atoms with Crippen LogP contribution in [0.25, 0.3) is 0 Å². The van der Waals surface area contributed by atoms with E-state index in [9.17, 15) is 4.79 Å². The van der Waals surface area contributed by atoms with Crippen LogP contribution in [0.5, 0.6) is 5.75 Å². The second kappa shape index (κ2) is 6.41. The number of rotatable bonds is 4. The van der Waals surface area contributed by atoms with Gasteiger partial charge in [-0.25, -0.2) is 0 Å². The van der Waals surface area contributed by atoms with Crippen molar-refractivity contribution in [1.82, 2.24) is 5.32 Å². The number of carbonyl (C=O) groups excluding carboxylic acids is 1. The highest BCUT2D eigenvalue weighted by molar-refractivity contribution is 7.80. The van der Waals surface area contributed by atoms with Gasteiger partial charge >= 0.3 is 0 Å². The normalized spacial score (nSPS) is 12.7. The quantitative estimate of drug-likeness (QED) is 0.839. The molecule has 0 aliphatic heterocycles. The van der Waals surface area contributed by atoms with Crippen LogP contribution < -0.4 is 15.8 Å². The molecule has 0 bridgehead atoms. The summed E-state index contributed by atoms with van der Waals surface area (Å²) in [5, 5.41) is 3.25. The Labute approximate surface area is 129 Å². The Kier molecular flexibility index (Phi) is 5.36. The van der Waals surface area contributed by atoms with Gasteiger partial charge in [-0.2, -0.15) is 0 Å². The fraction of sp³-hybridized carbons (Fsp3) is 0.429. The van der Waals surface area contributed by atoms with E-state index in [1.54, 1.807) is 25.1 Å². The van der Waals surface area contributed by atoms with E-state index in [4.69, 9.17) is 34.3 Å². The van der Waals surface area contributed by atoms with E-state index in [2.05, 4.69) is 5.32 Å². The molecule has 0 fully saturated rings. The van der Waals surface area contributed by atoms with Crippen LogP contribution in [0.1, 0.15) is 33.3 Å². The number of benzene rings is 1. The number of halogens is 1. The second-order valence-corrected chi connectivity index (χ2v) is 6.35. The maximum atomic E-state index is 11.9. The van der Waals surface area contributed by atoms with Crippen LogP contribution in [0.3, 0.4) is 0 Å². The Morgan fingerprint density at radius 2 is 2.05 bits per heavy atom. The zero-order valence-electron chi connectivity index (χ0n) is 12.0. The first-order valence-electron chi connectivity index (χ1n) is 6.18. The first-order valence-corrected chi connectivity index (χ1v) is 6.97. The summed E-state index contributed by atoms with van der Waals surface area (Å²) < 4.78 is 5.56. The number of nitrogens with one attached hydrogen (secondary N) is 1. The van der Waals surface area contributed by atoms with Crippen molar-refractivity contribution in [3.63, 3.8) is 0 Å². The van der Waals surface area contributed by atoms with Crippen LogP contribution in [0, 0.1) is 0 Å². The molecule has 1 unspecified atom stereocenters.